The number of aromatic nitrogens is 4. The number of nitrogen functional groups attached to an aromatic ring is 1. The number of rotatable bonds is 22. The number of carbonyl (C=O) groups is 3. The van der Waals surface area contributed by atoms with Crippen LogP contribution >= 0.6 is 35.2 Å². The van der Waals surface area contributed by atoms with Gasteiger partial charge in [-0.25, -0.2) is 28.6 Å². The van der Waals surface area contributed by atoms with Crippen LogP contribution in [0, 0.1) is 5.41 Å². The maximum Gasteiger partial charge on any atom is 0.481 e. The second-order valence-electron chi connectivity index (χ2n) is 12.2. The first-order valence-electron chi connectivity index (χ1n) is 16.2. The number of nitrogens with one attached hydrogen (secondary N) is 2. The summed E-state index contributed by atoms with van der Waals surface area (Å²) in [5, 5.41) is 34.2. The molecule has 0 radical (unpaired) electrons. The van der Waals surface area contributed by atoms with Gasteiger partial charge in [-0.3, -0.25) is 32.5 Å². The number of aliphatic carboxylic acids is 1. The Balaban J connectivity index is 0.00000167. The van der Waals surface area contributed by atoms with E-state index < -0.39 is 84.6 Å². The van der Waals surface area contributed by atoms with Gasteiger partial charge in [-0.1, -0.05) is 26.8 Å². The average Bonchev–Trinajstić information content (AvgIpc) is 3.65. The molecule has 3 rings (SSSR count). The number of carboxylic acids is 1. The number of phosphoric ester groups is 3. The summed E-state index contributed by atoms with van der Waals surface area (Å²) >= 11 is 1.64. The number of carboxylic acid groups (broad SMARTS) is 1. The average molecular weight is 882 g/mol. The summed E-state index contributed by atoms with van der Waals surface area (Å²) in [6.45, 7) is 6.12. The van der Waals surface area contributed by atoms with Crippen molar-refractivity contribution in [1.29, 1.82) is 0 Å². The number of hydrogen-bond acceptors (Lipinski definition) is 18. The fraction of sp³-hybridized carbons (Fsp3) is 0.630. The number of carbonyl (C=O) groups excluding carboxylic acids is 2. The Labute approximate surface area is 323 Å². The summed E-state index contributed by atoms with van der Waals surface area (Å²) in [4.78, 5) is 84.6. The van der Waals surface area contributed by atoms with Gasteiger partial charge in [0.1, 0.15) is 36.3 Å². The number of anilines is 1. The maximum atomic E-state index is 12.6. The monoisotopic (exact) mass is 881 g/mol. The summed E-state index contributed by atoms with van der Waals surface area (Å²) in [7, 11) is -16.3. The van der Waals surface area contributed by atoms with Gasteiger partial charge in [0.2, 0.25) is 11.8 Å². The largest absolute Gasteiger partial charge is 0.481 e. The molecular formula is C27H46N7O18P3S. The van der Waals surface area contributed by atoms with Crippen LogP contribution in [0.3, 0.4) is 0 Å². The second-order valence-corrected chi connectivity index (χ2v) is 17.8. The minimum absolute atomic E-state index is 0.0343. The molecule has 56 heavy (non-hydrogen) atoms. The number of nitrogens with zero attached hydrogens (tertiary/aromatic N) is 4. The van der Waals surface area contributed by atoms with Crippen molar-refractivity contribution < 1.29 is 85.6 Å². The Morgan fingerprint density at radius 1 is 1.11 bits per heavy atom. The molecule has 29 heteroatoms. The van der Waals surface area contributed by atoms with Gasteiger partial charge in [-0.15, -0.1) is 6.58 Å². The number of aliphatic hydroxyl groups excluding tert-OH is 2. The van der Waals surface area contributed by atoms with Crippen molar-refractivity contribution in [3.63, 3.8) is 0 Å². The minimum atomic E-state index is -5.54. The third-order valence-electron chi connectivity index (χ3n) is 7.17. The van der Waals surface area contributed by atoms with Crippen LogP contribution in [0.1, 0.15) is 39.8 Å². The highest BCUT2D eigenvalue weighted by molar-refractivity contribution is 7.99. The molecule has 7 atom stereocenters. The molecule has 2 amide bonds. The number of fused-ring (bicyclic) bond motifs is 1. The standard InChI is InChI=1S/C23H40N7O16P3S.C4H6O2/c1-4-50-8-7-25-14(31)5-6-26-21(34)18(33)23(2,3)10-43-49(40,41)46-48(38,39)42-9-13-17(45-47(35,36)37)16(32)22(44-13)30-12-29-15-19(24)27-11-28-20(15)30;1-2-3-4(5)6/h11-13,16-18,22,32-33H,4-10H2,1-3H3,(H,25,31)(H,26,34)(H,38,39)(H,40,41)(H2,24,27,28)(H2,35,36,37);2H,1,3H2,(H,5,6)/t13-,16-,17-,18+,22-;/m1./s1. The zero-order valence-electron chi connectivity index (χ0n) is 30.2. The number of amides is 2. The van der Waals surface area contributed by atoms with Gasteiger partial charge in [0.05, 0.1) is 26.0 Å². The summed E-state index contributed by atoms with van der Waals surface area (Å²) in [6, 6.07) is 0. The molecule has 1 aliphatic rings. The van der Waals surface area contributed by atoms with Crippen molar-refractivity contribution in [2.75, 3.05) is 43.5 Å². The predicted molar refractivity (Wildman–Crippen MR) is 195 cm³/mol. The van der Waals surface area contributed by atoms with Gasteiger partial charge >= 0.3 is 29.4 Å². The van der Waals surface area contributed by atoms with E-state index in [4.69, 9.17) is 24.6 Å². The molecule has 1 aliphatic heterocycles. The van der Waals surface area contributed by atoms with Crippen molar-refractivity contribution in [3.8, 4) is 0 Å². The smallest absolute Gasteiger partial charge is 0.481 e. The zero-order valence-corrected chi connectivity index (χ0v) is 33.7. The molecule has 2 unspecified atom stereocenters. The predicted octanol–water partition coefficient (Wildman–Crippen LogP) is -0.195. The topological polar surface area (TPSA) is 384 Å². The molecule has 0 aliphatic carbocycles. The summed E-state index contributed by atoms with van der Waals surface area (Å²) in [5.41, 5.74) is 4.32. The maximum absolute atomic E-state index is 12.6. The van der Waals surface area contributed by atoms with E-state index in [2.05, 4.69) is 41.0 Å². The molecule has 1 saturated heterocycles. The number of phosphoric acid groups is 3. The van der Waals surface area contributed by atoms with E-state index in [-0.39, 0.29) is 42.3 Å². The van der Waals surface area contributed by atoms with Crippen LogP contribution in [0.25, 0.3) is 11.2 Å². The molecule has 25 nitrogen and oxygen atoms in total. The van der Waals surface area contributed by atoms with E-state index in [9.17, 15) is 57.9 Å². The summed E-state index contributed by atoms with van der Waals surface area (Å²) in [6.07, 6.45) is -5.28. The van der Waals surface area contributed by atoms with Gasteiger partial charge < -0.3 is 56.0 Å². The third kappa shape index (κ3) is 16.2. The van der Waals surface area contributed by atoms with Crippen molar-refractivity contribution in [2.24, 2.45) is 5.41 Å². The number of aliphatic hydroxyl groups is 2. The molecule has 1 fully saturated rings. The second kappa shape index (κ2) is 21.7. The normalized spacial score (nSPS) is 21.2. The lowest BCUT2D eigenvalue weighted by Gasteiger charge is -2.30. The molecule has 2 aromatic rings. The van der Waals surface area contributed by atoms with Crippen LogP contribution in [0.4, 0.5) is 5.82 Å². The number of thioether (sulfide) groups is 1. The summed E-state index contributed by atoms with van der Waals surface area (Å²) < 4.78 is 61.9. The van der Waals surface area contributed by atoms with Crippen molar-refractivity contribution in [3.05, 3.63) is 25.3 Å². The van der Waals surface area contributed by atoms with Gasteiger partial charge in [-0.2, -0.15) is 16.1 Å². The first kappa shape index (κ1) is 49.2. The van der Waals surface area contributed by atoms with E-state index in [1.54, 1.807) is 11.8 Å². The fourth-order valence-corrected chi connectivity index (χ4v) is 7.83. The molecule has 0 spiro atoms. The lowest BCUT2D eigenvalue weighted by atomic mass is 9.87. The van der Waals surface area contributed by atoms with Gasteiger partial charge in [0.15, 0.2) is 17.7 Å². The number of imidazole rings is 1. The molecular weight excluding hydrogens is 835 g/mol. The van der Waals surface area contributed by atoms with Crippen LogP contribution in [-0.4, -0.2) is 134 Å². The zero-order chi connectivity index (χ0) is 42.5. The van der Waals surface area contributed by atoms with E-state index in [0.717, 1.165) is 28.7 Å². The lowest BCUT2D eigenvalue weighted by Crippen LogP contribution is -2.46. The molecule has 3 heterocycles. The van der Waals surface area contributed by atoms with Crippen LogP contribution in [0.5, 0.6) is 0 Å². The number of ether oxygens (including phenoxy) is 1. The van der Waals surface area contributed by atoms with Crippen molar-refractivity contribution in [1.82, 2.24) is 30.2 Å². The van der Waals surface area contributed by atoms with Crippen molar-refractivity contribution in [2.45, 2.75) is 64.3 Å². The molecule has 11 N–H and O–H groups in total. The van der Waals surface area contributed by atoms with E-state index in [0.29, 0.717) is 6.54 Å². The number of hydrogen-bond donors (Lipinski definition) is 10. The number of nitrogens with two attached hydrogens (primary N) is 1. The Morgan fingerprint density at radius 2 is 1.77 bits per heavy atom. The van der Waals surface area contributed by atoms with Crippen molar-refractivity contribution >= 4 is 70.0 Å². The first-order valence-corrected chi connectivity index (χ1v) is 21.9. The Kier molecular flexibility index (Phi) is 19.1. The Morgan fingerprint density at radius 3 is 2.36 bits per heavy atom. The lowest BCUT2D eigenvalue weighted by molar-refractivity contribution is -0.137. The van der Waals surface area contributed by atoms with Crippen LogP contribution in [0.15, 0.2) is 25.3 Å². The molecule has 318 valence electrons. The summed E-state index contributed by atoms with van der Waals surface area (Å²) in [5.74, 6) is -0.485. The highest BCUT2D eigenvalue weighted by atomic mass is 32.2. The quantitative estimate of drug-likeness (QED) is 0.0416. The van der Waals surface area contributed by atoms with Crippen LogP contribution in [-0.2, 0) is 50.7 Å². The molecule has 2 aromatic heterocycles. The fourth-order valence-electron chi connectivity index (χ4n) is 4.47. The van der Waals surface area contributed by atoms with Crippen LogP contribution in [0.2, 0.25) is 0 Å². The van der Waals surface area contributed by atoms with E-state index in [1.807, 2.05) is 6.92 Å². The van der Waals surface area contributed by atoms with Gasteiger partial charge in [0, 0.05) is 30.7 Å². The molecule has 0 aromatic carbocycles. The molecule has 0 bridgehead atoms. The highest BCUT2D eigenvalue weighted by Gasteiger charge is 2.50. The highest BCUT2D eigenvalue weighted by Crippen LogP contribution is 2.61. The van der Waals surface area contributed by atoms with E-state index >= 15 is 0 Å². The van der Waals surface area contributed by atoms with Crippen LogP contribution < -0.4 is 16.4 Å². The Bertz CT molecular complexity index is 1800. The minimum Gasteiger partial charge on any atom is -0.481 e. The first-order chi connectivity index (χ1) is 25.9. The third-order valence-corrected chi connectivity index (χ3v) is 11.2. The van der Waals surface area contributed by atoms with Gasteiger partial charge in [0.25, 0.3) is 0 Å². The Hall–Kier alpha value is -2.90. The van der Waals surface area contributed by atoms with Gasteiger partial charge in [-0.05, 0) is 5.75 Å². The SMILES string of the molecule is C=CCC(=O)O.CCSCCNC(=O)CCNC(=O)[C@H](O)C(C)(C)COP(=O)(O)OP(=O)(O)OC[C@H]1O[C@@H](n2cnc3c(N)ncnc32)[C@H](O)[C@@H]1OP(=O)(O)O. The van der Waals surface area contributed by atoms with E-state index in [1.165, 1.54) is 19.9 Å². The molecule has 0 saturated carbocycles.